The van der Waals surface area contributed by atoms with Gasteiger partial charge in [-0.25, -0.2) is 22.3 Å². The highest BCUT2D eigenvalue weighted by atomic mass is 32.2. The zero-order valence-corrected chi connectivity index (χ0v) is 15.0. The molecule has 0 atom stereocenters. The number of para-hydroxylation sites is 1. The minimum Gasteiger partial charge on any atom is -0.452 e. The summed E-state index contributed by atoms with van der Waals surface area (Å²) in [7, 11) is -3.70. The molecule has 142 valence electrons. The van der Waals surface area contributed by atoms with Crippen LogP contribution in [0.15, 0.2) is 66.1 Å². The molecule has 1 amide bonds. The number of hydrogen-bond acceptors (Lipinski definition) is 5. The average Bonchev–Trinajstić information content (AvgIpc) is 2.66. The Hall–Kier alpha value is -3.04. The Bertz CT molecular complexity index is 942. The van der Waals surface area contributed by atoms with Gasteiger partial charge in [0.15, 0.2) is 6.61 Å². The third-order valence-corrected chi connectivity index (χ3v) is 4.74. The van der Waals surface area contributed by atoms with Gasteiger partial charge < -0.3 is 10.1 Å². The van der Waals surface area contributed by atoms with E-state index in [0.29, 0.717) is 0 Å². The number of carbonyl (C=O) groups is 2. The van der Waals surface area contributed by atoms with Crippen LogP contribution < -0.4 is 10.0 Å². The minimum atomic E-state index is -3.70. The molecule has 7 nitrogen and oxygen atoms in total. The van der Waals surface area contributed by atoms with Crippen LogP contribution in [0.1, 0.15) is 10.4 Å². The highest BCUT2D eigenvalue weighted by Gasteiger charge is 2.15. The third-order valence-electron chi connectivity index (χ3n) is 3.30. The SMILES string of the molecule is C=CCNS(=O)(=O)c1ccc(C(=O)OCC(=O)Nc2ccccc2F)cc1. The normalized spacial score (nSPS) is 10.9. The van der Waals surface area contributed by atoms with Crippen molar-refractivity contribution in [2.75, 3.05) is 18.5 Å². The summed E-state index contributed by atoms with van der Waals surface area (Å²) < 4.78 is 44.4. The smallest absolute Gasteiger partial charge is 0.338 e. The maximum Gasteiger partial charge on any atom is 0.338 e. The first kappa shape index (κ1) is 20.3. The van der Waals surface area contributed by atoms with E-state index in [-0.39, 0.29) is 22.7 Å². The van der Waals surface area contributed by atoms with Gasteiger partial charge >= 0.3 is 5.97 Å². The van der Waals surface area contributed by atoms with Gasteiger partial charge in [-0.05, 0) is 36.4 Å². The predicted octanol–water partition coefficient (Wildman–Crippen LogP) is 2.09. The molecule has 9 heteroatoms. The topological polar surface area (TPSA) is 102 Å². The molecule has 0 saturated carbocycles. The molecule has 0 unspecified atom stereocenters. The lowest BCUT2D eigenvalue weighted by molar-refractivity contribution is -0.119. The first-order valence-corrected chi connectivity index (χ1v) is 9.24. The number of halogens is 1. The van der Waals surface area contributed by atoms with E-state index in [2.05, 4.69) is 16.6 Å². The van der Waals surface area contributed by atoms with Gasteiger partial charge in [0, 0.05) is 6.54 Å². The van der Waals surface area contributed by atoms with Gasteiger partial charge in [0.1, 0.15) is 5.82 Å². The van der Waals surface area contributed by atoms with Crippen LogP contribution in [0.5, 0.6) is 0 Å². The van der Waals surface area contributed by atoms with Gasteiger partial charge in [-0.15, -0.1) is 6.58 Å². The van der Waals surface area contributed by atoms with E-state index in [1.165, 1.54) is 48.5 Å². The molecule has 0 aliphatic carbocycles. The van der Waals surface area contributed by atoms with Gasteiger partial charge in [-0.3, -0.25) is 4.79 Å². The predicted molar refractivity (Wildman–Crippen MR) is 97.1 cm³/mol. The maximum atomic E-state index is 13.4. The van der Waals surface area contributed by atoms with Crippen LogP contribution in [0.25, 0.3) is 0 Å². The summed E-state index contributed by atoms with van der Waals surface area (Å²) in [6, 6.07) is 10.6. The van der Waals surface area contributed by atoms with Gasteiger partial charge in [0.25, 0.3) is 5.91 Å². The number of esters is 1. The molecule has 0 aliphatic rings. The monoisotopic (exact) mass is 392 g/mol. The third kappa shape index (κ3) is 5.73. The molecule has 0 aliphatic heterocycles. The number of ether oxygens (including phenoxy) is 1. The quantitative estimate of drug-likeness (QED) is 0.529. The number of amides is 1. The number of benzene rings is 2. The van der Waals surface area contributed by atoms with Crippen molar-refractivity contribution in [3.05, 3.63) is 72.6 Å². The van der Waals surface area contributed by atoms with Crippen molar-refractivity contribution < 1.29 is 27.1 Å². The van der Waals surface area contributed by atoms with E-state index >= 15 is 0 Å². The average molecular weight is 392 g/mol. The lowest BCUT2D eigenvalue weighted by Crippen LogP contribution is -2.24. The Kier molecular flexibility index (Phi) is 6.80. The first-order chi connectivity index (χ1) is 12.8. The van der Waals surface area contributed by atoms with Gasteiger partial charge in [-0.1, -0.05) is 18.2 Å². The van der Waals surface area contributed by atoms with Crippen molar-refractivity contribution in [2.24, 2.45) is 0 Å². The molecule has 0 bridgehead atoms. The van der Waals surface area contributed by atoms with Crippen LogP contribution in [0.2, 0.25) is 0 Å². The van der Waals surface area contributed by atoms with Crippen molar-refractivity contribution in [2.45, 2.75) is 4.90 Å². The molecular formula is C18H17FN2O5S. The maximum absolute atomic E-state index is 13.4. The summed E-state index contributed by atoms with van der Waals surface area (Å²) in [5, 5.41) is 2.28. The highest BCUT2D eigenvalue weighted by molar-refractivity contribution is 7.89. The number of rotatable bonds is 8. The lowest BCUT2D eigenvalue weighted by Gasteiger charge is -2.08. The summed E-state index contributed by atoms with van der Waals surface area (Å²) >= 11 is 0. The standard InChI is InChI=1S/C18H17FN2O5S/c1-2-11-20-27(24,25)14-9-7-13(8-10-14)18(23)26-12-17(22)21-16-6-4-3-5-15(16)19/h2-10,20H,1,11-12H2,(H,21,22). The molecular weight excluding hydrogens is 375 g/mol. The summed E-state index contributed by atoms with van der Waals surface area (Å²) in [6.07, 6.45) is 1.40. The van der Waals surface area contributed by atoms with E-state index in [1.54, 1.807) is 6.07 Å². The Morgan fingerprint density at radius 3 is 2.41 bits per heavy atom. The van der Waals surface area contributed by atoms with Crippen molar-refractivity contribution in [3.63, 3.8) is 0 Å². The molecule has 2 aromatic rings. The fourth-order valence-corrected chi connectivity index (χ4v) is 2.98. The second-order valence-corrected chi connectivity index (χ2v) is 7.04. The Morgan fingerprint density at radius 2 is 1.78 bits per heavy atom. The molecule has 0 radical (unpaired) electrons. The zero-order valence-electron chi connectivity index (χ0n) is 14.1. The molecule has 2 rings (SSSR count). The van der Waals surface area contributed by atoms with E-state index in [0.717, 1.165) is 0 Å². The summed E-state index contributed by atoms with van der Waals surface area (Å²) in [5.41, 5.74) is 0.0384. The second kappa shape index (κ2) is 9.06. The van der Waals surface area contributed by atoms with Crippen molar-refractivity contribution in [1.29, 1.82) is 0 Å². The van der Waals surface area contributed by atoms with Crippen LogP contribution in [-0.4, -0.2) is 33.4 Å². The fourth-order valence-electron chi connectivity index (χ4n) is 1.99. The lowest BCUT2D eigenvalue weighted by atomic mass is 10.2. The number of sulfonamides is 1. The van der Waals surface area contributed by atoms with Crippen molar-refractivity contribution in [1.82, 2.24) is 4.72 Å². The summed E-state index contributed by atoms with van der Waals surface area (Å²) in [6.45, 7) is 2.87. The highest BCUT2D eigenvalue weighted by Crippen LogP contribution is 2.13. The summed E-state index contributed by atoms with van der Waals surface area (Å²) in [5.74, 6) is -2.14. The fraction of sp³-hybridized carbons (Fsp3) is 0.111. The van der Waals surface area contributed by atoms with E-state index in [9.17, 15) is 22.4 Å². The van der Waals surface area contributed by atoms with Gasteiger partial charge in [0.2, 0.25) is 10.0 Å². The van der Waals surface area contributed by atoms with E-state index in [1.807, 2.05) is 0 Å². The Morgan fingerprint density at radius 1 is 1.11 bits per heavy atom. The van der Waals surface area contributed by atoms with Crippen molar-refractivity contribution >= 4 is 27.6 Å². The van der Waals surface area contributed by atoms with Crippen LogP contribution in [0.4, 0.5) is 10.1 Å². The largest absolute Gasteiger partial charge is 0.452 e. The van der Waals surface area contributed by atoms with Crippen LogP contribution in [0, 0.1) is 5.82 Å². The number of hydrogen-bond donors (Lipinski definition) is 2. The van der Waals surface area contributed by atoms with Crippen LogP contribution >= 0.6 is 0 Å². The molecule has 0 aromatic heterocycles. The zero-order chi connectivity index (χ0) is 19.9. The molecule has 0 heterocycles. The van der Waals surface area contributed by atoms with Crippen molar-refractivity contribution in [3.8, 4) is 0 Å². The first-order valence-electron chi connectivity index (χ1n) is 7.75. The van der Waals surface area contributed by atoms with E-state index in [4.69, 9.17) is 4.74 Å². The Labute approximate surface area is 155 Å². The second-order valence-electron chi connectivity index (χ2n) is 5.27. The minimum absolute atomic E-state index is 0.0277. The summed E-state index contributed by atoms with van der Waals surface area (Å²) in [4.78, 5) is 23.7. The van der Waals surface area contributed by atoms with Crippen LogP contribution in [0.3, 0.4) is 0 Å². The molecule has 27 heavy (non-hydrogen) atoms. The molecule has 0 spiro atoms. The molecule has 0 saturated heterocycles. The number of anilines is 1. The van der Waals surface area contributed by atoms with Gasteiger partial charge in [-0.2, -0.15) is 0 Å². The molecule has 2 N–H and O–H groups in total. The Balaban J connectivity index is 1.93. The number of nitrogens with one attached hydrogen (secondary N) is 2. The van der Waals surface area contributed by atoms with Crippen LogP contribution in [-0.2, 0) is 19.6 Å². The number of carbonyl (C=O) groups excluding carboxylic acids is 2. The van der Waals surface area contributed by atoms with E-state index < -0.39 is 34.3 Å². The molecule has 2 aromatic carbocycles. The van der Waals surface area contributed by atoms with Gasteiger partial charge in [0.05, 0.1) is 16.1 Å². The molecule has 0 fully saturated rings.